The van der Waals surface area contributed by atoms with Gasteiger partial charge in [0.15, 0.2) is 0 Å². The number of anilines is 8. The molecule has 0 atom stereocenters. The van der Waals surface area contributed by atoms with Gasteiger partial charge in [-0.3, -0.25) is 0 Å². The first-order valence-corrected chi connectivity index (χ1v) is 32.5. The van der Waals surface area contributed by atoms with Crippen LogP contribution in [0, 0.1) is 0 Å². The first-order valence-electron chi connectivity index (χ1n) is 29.1. The molecule has 74 heavy (non-hydrogen) atoms. The third-order valence-electron chi connectivity index (χ3n) is 18.9. The van der Waals surface area contributed by atoms with Crippen molar-refractivity contribution in [2.75, 3.05) is 19.6 Å². The van der Waals surface area contributed by atoms with Crippen LogP contribution < -0.4 is 70.2 Å². The second-order valence-electron chi connectivity index (χ2n) is 23.2. The molecule has 0 amide bonds. The van der Waals surface area contributed by atoms with E-state index in [9.17, 15) is 0 Å². The zero-order valence-electron chi connectivity index (χ0n) is 43.1. The van der Waals surface area contributed by atoms with Gasteiger partial charge in [0.2, 0.25) is 0 Å². The zero-order chi connectivity index (χ0) is 48.7. The molecule has 0 aromatic heterocycles. The monoisotopic (exact) mass is 1100 g/mol. The van der Waals surface area contributed by atoms with Crippen LogP contribution in [-0.4, -0.2) is 67.5 Å². The standard InChI is InChI=1S/C66H68B2N4Se2/c1-7-23-45(24-8-1)69(46-25-9-2-10-26-46)51-39-59-65-63(41-51)73-61-37-21-19-35-53(61)67(65)55-43-56-58(44-57(55)71(59)49-31-15-5-16-32-49)72(50-33-17-6-18-34-50)60-40-52(42-64-66(60)68(56)54-36-20-22-38-62(54)74-64)70(47-27-11-3-12-28-47)48-29-13-4-14-30-48/h5-6,15-22,31-48H,1-4,7-14,23-30H2. The molecule has 8 aliphatic rings. The van der Waals surface area contributed by atoms with Gasteiger partial charge in [0, 0.05) is 0 Å². The third-order valence-corrected chi connectivity index (χ3v) is 23.8. The molecule has 0 unspecified atom stereocenters. The van der Waals surface area contributed by atoms with Gasteiger partial charge in [-0.25, -0.2) is 0 Å². The molecule has 4 fully saturated rings. The normalized spacial score (nSPS) is 19.5. The summed E-state index contributed by atoms with van der Waals surface area (Å²) in [6.45, 7) is 0.296. The summed E-state index contributed by atoms with van der Waals surface area (Å²) in [4.78, 5) is 11.5. The molecule has 8 heteroatoms. The van der Waals surface area contributed by atoms with Crippen LogP contribution >= 0.6 is 0 Å². The van der Waals surface area contributed by atoms with E-state index < -0.39 is 0 Å². The SMILES string of the molecule is c1ccc(N2c3cc4c(cc3B3c5ccccc5[Se]c5cc(N(C6CCCCC6)C6CCCCC6)cc2c53)B2c3ccccc3[Se]c3cc(N(C5CCCCC5)C5CCCCC5)cc(c32)N4c2ccccc2)cc1. The van der Waals surface area contributed by atoms with Crippen molar-refractivity contribution >= 4 is 139 Å². The Morgan fingerprint density at radius 3 is 1.05 bits per heavy atom. The Hall–Kier alpha value is -5.09. The van der Waals surface area contributed by atoms with Gasteiger partial charge in [-0.2, -0.15) is 0 Å². The molecule has 4 aliphatic carbocycles. The molecular weight excluding hydrogens is 1030 g/mol. The van der Waals surface area contributed by atoms with Gasteiger partial charge < -0.3 is 0 Å². The van der Waals surface area contributed by atoms with Crippen LogP contribution in [-0.2, 0) is 0 Å². The predicted octanol–water partition coefficient (Wildman–Crippen LogP) is 9.17. The molecule has 4 saturated carbocycles. The number of fused-ring (bicyclic) bond motifs is 8. The molecule has 15 rings (SSSR count). The molecule has 0 N–H and O–H groups in total. The second kappa shape index (κ2) is 19.5. The van der Waals surface area contributed by atoms with Gasteiger partial charge >= 0.3 is 457 Å². The maximum atomic E-state index is 3.02. The Balaban J connectivity index is 0.993. The van der Waals surface area contributed by atoms with E-state index in [-0.39, 0.29) is 43.3 Å². The van der Waals surface area contributed by atoms with Crippen molar-refractivity contribution in [1.82, 2.24) is 0 Å². The van der Waals surface area contributed by atoms with Crippen molar-refractivity contribution in [1.29, 1.82) is 0 Å². The fourth-order valence-corrected chi connectivity index (χ4v) is 20.8. The van der Waals surface area contributed by atoms with Crippen LogP contribution in [0.2, 0.25) is 0 Å². The summed E-state index contributed by atoms with van der Waals surface area (Å²) in [5, 5.41) is 0. The first-order chi connectivity index (χ1) is 36.7. The van der Waals surface area contributed by atoms with Gasteiger partial charge in [0.1, 0.15) is 0 Å². The molecule has 7 aromatic rings. The Labute approximate surface area is 454 Å². The summed E-state index contributed by atoms with van der Waals surface area (Å²) in [5.41, 5.74) is 20.0. The predicted molar refractivity (Wildman–Crippen MR) is 320 cm³/mol. The molecule has 370 valence electrons. The average Bonchev–Trinajstić information content (AvgIpc) is 3.46. The topological polar surface area (TPSA) is 13.0 Å². The van der Waals surface area contributed by atoms with E-state index in [0.29, 0.717) is 24.2 Å². The number of benzene rings is 7. The Bertz CT molecular complexity index is 2980. The summed E-state index contributed by atoms with van der Waals surface area (Å²) < 4.78 is 6.28. The van der Waals surface area contributed by atoms with Crippen LogP contribution in [0.4, 0.5) is 45.5 Å². The van der Waals surface area contributed by atoms with Crippen LogP contribution in [0.1, 0.15) is 128 Å². The van der Waals surface area contributed by atoms with E-state index in [0.717, 1.165) is 0 Å². The summed E-state index contributed by atoms with van der Waals surface area (Å²) in [6.07, 6.45) is 27.0. The molecule has 0 saturated heterocycles. The number of nitrogens with zero attached hydrogens (tertiary/aromatic N) is 4. The van der Waals surface area contributed by atoms with Crippen molar-refractivity contribution in [3.05, 3.63) is 146 Å². The van der Waals surface area contributed by atoms with Gasteiger partial charge in [0.05, 0.1) is 0 Å². The summed E-state index contributed by atoms with van der Waals surface area (Å²) in [6, 6.07) is 61.1. The Morgan fingerprint density at radius 2 is 0.676 bits per heavy atom. The van der Waals surface area contributed by atoms with Gasteiger partial charge in [0.25, 0.3) is 0 Å². The molecule has 0 radical (unpaired) electrons. The number of para-hydroxylation sites is 2. The van der Waals surface area contributed by atoms with Crippen molar-refractivity contribution in [3.8, 4) is 0 Å². The average molecular weight is 1100 g/mol. The summed E-state index contributed by atoms with van der Waals surface area (Å²) >= 11 is 0.379. The Morgan fingerprint density at radius 1 is 0.324 bits per heavy atom. The van der Waals surface area contributed by atoms with Crippen molar-refractivity contribution in [3.63, 3.8) is 0 Å². The Kier molecular flexibility index (Phi) is 12.2. The summed E-state index contributed by atoms with van der Waals surface area (Å²) in [7, 11) is 0. The van der Waals surface area contributed by atoms with E-state index in [1.54, 1.807) is 28.8 Å². The van der Waals surface area contributed by atoms with Crippen molar-refractivity contribution in [2.45, 2.75) is 153 Å². The number of hydrogen-bond acceptors (Lipinski definition) is 4. The minimum absolute atomic E-state index is 0.148. The van der Waals surface area contributed by atoms with Crippen LogP contribution in [0.5, 0.6) is 0 Å². The third kappa shape index (κ3) is 7.81. The first kappa shape index (κ1) is 46.2. The van der Waals surface area contributed by atoms with E-state index in [1.165, 1.54) is 196 Å². The molecule has 4 heterocycles. The summed E-state index contributed by atoms with van der Waals surface area (Å²) in [5.74, 6) is 0. The van der Waals surface area contributed by atoms with Gasteiger partial charge in [-0.15, -0.1) is 0 Å². The maximum absolute atomic E-state index is 3.02. The minimum atomic E-state index is 0.148. The van der Waals surface area contributed by atoms with Crippen LogP contribution in [0.3, 0.4) is 0 Å². The molecular formula is C66H68B2N4Se2. The fourth-order valence-electron chi connectivity index (χ4n) is 15.7. The van der Waals surface area contributed by atoms with Crippen molar-refractivity contribution < 1.29 is 0 Å². The molecule has 0 bridgehead atoms. The molecule has 4 aliphatic heterocycles. The molecule has 7 aromatic carbocycles. The second-order valence-corrected chi connectivity index (χ2v) is 27.7. The van der Waals surface area contributed by atoms with Gasteiger partial charge in [-0.05, 0) is 0 Å². The fraction of sp³-hybridized carbons (Fsp3) is 0.364. The number of hydrogen-bond donors (Lipinski definition) is 0. The van der Waals surface area contributed by atoms with E-state index in [2.05, 4.69) is 165 Å². The van der Waals surface area contributed by atoms with Crippen molar-refractivity contribution in [2.24, 2.45) is 0 Å². The van der Waals surface area contributed by atoms with E-state index in [4.69, 9.17) is 0 Å². The van der Waals surface area contributed by atoms with Gasteiger partial charge in [-0.1, -0.05) is 0 Å². The quantitative estimate of drug-likeness (QED) is 0.141. The zero-order valence-corrected chi connectivity index (χ0v) is 46.5. The van der Waals surface area contributed by atoms with E-state index >= 15 is 0 Å². The molecule has 0 spiro atoms. The van der Waals surface area contributed by atoms with Crippen LogP contribution in [0.25, 0.3) is 0 Å². The van der Waals surface area contributed by atoms with Crippen LogP contribution in [0.15, 0.2) is 146 Å². The molecule has 4 nitrogen and oxygen atoms in total. The van der Waals surface area contributed by atoms with E-state index in [1.807, 2.05) is 0 Å². The number of rotatable bonds is 8.